The van der Waals surface area contributed by atoms with Gasteiger partial charge in [-0.3, -0.25) is 9.69 Å². The number of pyridine rings is 1. The third kappa shape index (κ3) is 7.34. The lowest BCUT2D eigenvalue weighted by molar-refractivity contribution is -0.124. The third-order valence-electron chi connectivity index (χ3n) is 12.5. The largest absolute Gasteiger partial charge is 0.496 e. The molecule has 1 aliphatic heterocycles. The van der Waals surface area contributed by atoms with Crippen molar-refractivity contribution in [3.8, 4) is 16.2 Å². The van der Waals surface area contributed by atoms with Gasteiger partial charge in [0.1, 0.15) is 17.7 Å². The molecule has 1 aromatic carbocycles. The zero-order chi connectivity index (χ0) is 36.8. The average Bonchev–Trinajstić information content (AvgIpc) is 3.62. The van der Waals surface area contributed by atoms with E-state index in [0.29, 0.717) is 44.0 Å². The Morgan fingerprint density at radius 3 is 2.29 bits per heavy atom. The second kappa shape index (κ2) is 14.4. The van der Waals surface area contributed by atoms with E-state index in [1.807, 2.05) is 23.4 Å². The zero-order valence-electron chi connectivity index (χ0n) is 31.1. The minimum absolute atomic E-state index is 0.0275. The van der Waals surface area contributed by atoms with Crippen molar-refractivity contribution in [2.45, 2.75) is 108 Å². The molecule has 4 aliphatic carbocycles. The molecule has 4 saturated carbocycles. The van der Waals surface area contributed by atoms with Crippen molar-refractivity contribution < 1.29 is 27.5 Å². The van der Waals surface area contributed by atoms with Crippen molar-refractivity contribution in [3.05, 3.63) is 58.9 Å². The van der Waals surface area contributed by atoms with Crippen LogP contribution in [0.4, 0.5) is 10.6 Å². The van der Waals surface area contributed by atoms with Crippen LogP contribution < -0.4 is 9.64 Å². The van der Waals surface area contributed by atoms with Gasteiger partial charge in [0.2, 0.25) is 5.91 Å². The summed E-state index contributed by atoms with van der Waals surface area (Å²) in [6.45, 7) is 7.41. The Hall–Kier alpha value is -3.51. The minimum Gasteiger partial charge on any atom is -0.496 e. The van der Waals surface area contributed by atoms with Crippen molar-refractivity contribution in [3.63, 3.8) is 0 Å². The fraction of sp³-hybridized carbons (Fsp3) is 0.600. The summed E-state index contributed by atoms with van der Waals surface area (Å²) in [4.78, 5) is 41.4. The van der Waals surface area contributed by atoms with Crippen molar-refractivity contribution >= 4 is 39.0 Å². The Bertz CT molecular complexity index is 1890. The molecule has 5 fully saturated rings. The van der Waals surface area contributed by atoms with E-state index >= 15 is 0 Å². The summed E-state index contributed by atoms with van der Waals surface area (Å²) in [5.41, 5.74) is 3.80. The topological polar surface area (TPSA) is 119 Å². The number of amides is 2. The first kappa shape index (κ1) is 36.8. The van der Waals surface area contributed by atoms with Crippen molar-refractivity contribution in [2.75, 3.05) is 37.9 Å². The van der Waals surface area contributed by atoms with E-state index in [-0.39, 0.29) is 41.8 Å². The van der Waals surface area contributed by atoms with Crippen LogP contribution in [0.5, 0.6) is 5.75 Å². The van der Waals surface area contributed by atoms with E-state index in [4.69, 9.17) is 14.5 Å². The van der Waals surface area contributed by atoms with Crippen LogP contribution in [0.15, 0.2) is 42.7 Å². The van der Waals surface area contributed by atoms with Gasteiger partial charge in [-0.1, -0.05) is 26.0 Å². The molecule has 0 N–H and O–H groups in total. The number of nitrogens with zero attached hydrogens (tertiary/aromatic N) is 4. The SMILES string of the molecule is COc1ccc(C23CCC(CN(c4cc(-c5cnc(C(C)C)s5)ccn4)C(=O)[C@H]4CC[C@H](OC(=O)N5CC(S(C)(=O)=O)C5)CC4)(CC2)CC3)cc1C. The highest BCUT2D eigenvalue weighted by atomic mass is 32.2. The molecule has 0 radical (unpaired) electrons. The van der Waals surface area contributed by atoms with Crippen LogP contribution in [0.25, 0.3) is 10.4 Å². The Labute approximate surface area is 312 Å². The highest BCUT2D eigenvalue weighted by molar-refractivity contribution is 7.91. The molecule has 10 nitrogen and oxygen atoms in total. The van der Waals surface area contributed by atoms with Crippen LogP contribution in [-0.4, -0.2) is 79.6 Å². The molecule has 2 bridgehead atoms. The molecule has 0 unspecified atom stereocenters. The highest BCUT2D eigenvalue weighted by Gasteiger charge is 2.51. The van der Waals surface area contributed by atoms with Crippen molar-refractivity contribution in [1.29, 1.82) is 0 Å². The quantitative estimate of drug-likeness (QED) is 0.207. The number of carbonyl (C=O) groups excluding carboxylic acids is 2. The summed E-state index contributed by atoms with van der Waals surface area (Å²) in [6, 6.07) is 10.7. The molecule has 0 spiro atoms. The Kier molecular flexibility index (Phi) is 10.2. The molecule has 280 valence electrons. The predicted octanol–water partition coefficient (Wildman–Crippen LogP) is 7.69. The van der Waals surface area contributed by atoms with Gasteiger partial charge in [-0.25, -0.2) is 23.2 Å². The molecule has 0 atom stereocenters. The van der Waals surface area contributed by atoms with E-state index in [1.165, 1.54) is 22.3 Å². The maximum absolute atomic E-state index is 14.7. The Morgan fingerprint density at radius 1 is 1.00 bits per heavy atom. The summed E-state index contributed by atoms with van der Waals surface area (Å²) >= 11 is 1.69. The van der Waals surface area contributed by atoms with E-state index in [0.717, 1.165) is 59.7 Å². The fourth-order valence-electron chi connectivity index (χ4n) is 8.88. The van der Waals surface area contributed by atoms with Crippen LogP contribution in [0.2, 0.25) is 0 Å². The number of aromatic nitrogens is 2. The molecule has 1 saturated heterocycles. The van der Waals surface area contributed by atoms with Crippen LogP contribution >= 0.6 is 11.3 Å². The predicted molar refractivity (Wildman–Crippen MR) is 204 cm³/mol. The number of methoxy groups -OCH3 is 1. The summed E-state index contributed by atoms with van der Waals surface area (Å²) < 4.78 is 34.9. The minimum atomic E-state index is -3.17. The van der Waals surface area contributed by atoms with Gasteiger partial charge in [-0.05, 0) is 117 Å². The summed E-state index contributed by atoms with van der Waals surface area (Å²) in [5, 5.41) is 0.567. The van der Waals surface area contributed by atoms with Crippen LogP contribution in [0.3, 0.4) is 0 Å². The number of hydrogen-bond donors (Lipinski definition) is 0. The lowest BCUT2D eigenvalue weighted by Crippen LogP contribution is -2.57. The monoisotopic (exact) mass is 748 g/mol. The van der Waals surface area contributed by atoms with Crippen molar-refractivity contribution in [1.82, 2.24) is 14.9 Å². The van der Waals surface area contributed by atoms with Crippen LogP contribution in [0.1, 0.15) is 100 Å². The Morgan fingerprint density at radius 2 is 1.69 bits per heavy atom. The number of carbonyl (C=O) groups is 2. The number of hydrogen-bond acceptors (Lipinski definition) is 9. The summed E-state index contributed by atoms with van der Waals surface area (Å²) in [7, 11) is -1.45. The first-order valence-electron chi connectivity index (χ1n) is 18.8. The van der Waals surface area contributed by atoms with Gasteiger partial charge in [0.25, 0.3) is 0 Å². The number of likely N-dealkylation sites (tertiary alicyclic amines) is 1. The average molecular weight is 749 g/mol. The van der Waals surface area contributed by atoms with Gasteiger partial charge in [0, 0.05) is 50.1 Å². The van der Waals surface area contributed by atoms with Crippen molar-refractivity contribution in [2.24, 2.45) is 11.3 Å². The molecule has 52 heavy (non-hydrogen) atoms. The molecule has 8 rings (SSSR count). The third-order valence-corrected chi connectivity index (χ3v) is 15.4. The number of ether oxygens (including phenoxy) is 2. The summed E-state index contributed by atoms with van der Waals surface area (Å²) in [5.74, 6) is 1.86. The van der Waals surface area contributed by atoms with Crippen LogP contribution in [0, 0.1) is 18.3 Å². The number of benzene rings is 1. The number of fused-ring (bicyclic) bond motifs is 3. The van der Waals surface area contributed by atoms with E-state index in [9.17, 15) is 18.0 Å². The molecule has 2 aromatic heterocycles. The number of anilines is 1. The fourth-order valence-corrected chi connectivity index (χ4v) is 10.7. The van der Waals surface area contributed by atoms with Gasteiger partial charge >= 0.3 is 6.09 Å². The van der Waals surface area contributed by atoms with Gasteiger partial charge in [-0.2, -0.15) is 0 Å². The first-order valence-corrected chi connectivity index (χ1v) is 21.6. The molecule has 12 heteroatoms. The van der Waals surface area contributed by atoms with Gasteiger partial charge in [0.15, 0.2) is 9.84 Å². The highest BCUT2D eigenvalue weighted by Crippen LogP contribution is 2.58. The molecule has 3 aromatic rings. The molecule has 3 heterocycles. The lowest BCUT2D eigenvalue weighted by Gasteiger charge is -2.55. The summed E-state index contributed by atoms with van der Waals surface area (Å²) in [6.07, 6.45) is 13.1. The molecule has 5 aliphatic rings. The van der Waals surface area contributed by atoms with Crippen LogP contribution in [-0.2, 0) is 24.8 Å². The zero-order valence-corrected chi connectivity index (χ0v) is 32.7. The van der Waals surface area contributed by atoms with E-state index in [1.54, 1.807) is 18.4 Å². The first-order chi connectivity index (χ1) is 24.8. The maximum atomic E-state index is 14.7. The molecular formula is C40H52N4O6S2. The number of aryl methyl sites for hydroxylation is 1. The normalized spacial score (nSPS) is 26.2. The second-order valence-corrected chi connectivity index (χ2v) is 19.6. The van der Waals surface area contributed by atoms with Gasteiger partial charge < -0.3 is 14.4 Å². The maximum Gasteiger partial charge on any atom is 0.410 e. The van der Waals surface area contributed by atoms with Gasteiger partial charge in [-0.15, -0.1) is 11.3 Å². The number of rotatable bonds is 10. The van der Waals surface area contributed by atoms with E-state index in [2.05, 4.69) is 50.0 Å². The number of sulfone groups is 1. The molecule has 2 amide bonds. The molecular weight excluding hydrogens is 697 g/mol. The number of thiazole rings is 1. The second-order valence-electron chi connectivity index (χ2n) is 16.2. The lowest BCUT2D eigenvalue weighted by atomic mass is 9.51. The standard InChI is InChI=1S/C40H52N4O6S2/c1-26(2)36-42-22-34(51-36)29-12-19-41-35(21-29)44(25-39-13-16-40(17-14-39,18-15-39)30-8-11-33(49-4)27(3)20-30)37(45)28-6-9-31(10-7-28)50-38(46)43-23-32(24-43)52(5,47)48/h8,11-12,19-22,26,28,31-32H,6-7,9-10,13-18,23-25H2,1-5H3/t28-,31-,39?,40?. The smallest absolute Gasteiger partial charge is 0.410 e. The van der Waals surface area contributed by atoms with Gasteiger partial charge in [0.05, 0.1) is 22.2 Å². The van der Waals surface area contributed by atoms with E-state index < -0.39 is 21.2 Å². The Balaban J connectivity index is 1.07.